The molecule has 1 saturated carbocycles. The van der Waals surface area contributed by atoms with Gasteiger partial charge in [-0.1, -0.05) is 31.4 Å². The summed E-state index contributed by atoms with van der Waals surface area (Å²) in [5.41, 5.74) is 2.73. The van der Waals surface area contributed by atoms with Gasteiger partial charge >= 0.3 is 11.8 Å². The molecule has 1 fully saturated rings. The lowest BCUT2D eigenvalue weighted by Crippen LogP contribution is -2.44. The van der Waals surface area contributed by atoms with E-state index in [9.17, 15) is 9.59 Å². The number of aryl methyl sites for hydroxylation is 2. The number of hydrogen-bond acceptors (Lipinski definition) is 2. The largest absolute Gasteiger partial charge is 0.335 e. The quantitative estimate of drug-likeness (QED) is 0.850. The number of nitrogens with zero attached hydrogens (tertiary/aromatic N) is 1. The van der Waals surface area contributed by atoms with Gasteiger partial charge in [-0.3, -0.25) is 9.59 Å². The summed E-state index contributed by atoms with van der Waals surface area (Å²) in [6, 6.07) is 6.03. The smallest absolute Gasteiger partial charge is 0.313 e. The monoisotopic (exact) mass is 288 g/mol. The van der Waals surface area contributed by atoms with E-state index in [1.165, 1.54) is 6.42 Å². The minimum atomic E-state index is -0.545. The van der Waals surface area contributed by atoms with Gasteiger partial charge in [0.1, 0.15) is 0 Å². The molecule has 0 heterocycles. The van der Waals surface area contributed by atoms with Crippen LogP contribution in [0.15, 0.2) is 18.2 Å². The van der Waals surface area contributed by atoms with Crippen LogP contribution in [-0.4, -0.2) is 29.8 Å². The summed E-state index contributed by atoms with van der Waals surface area (Å²) < 4.78 is 0. The van der Waals surface area contributed by atoms with Crippen molar-refractivity contribution in [2.24, 2.45) is 0 Å². The van der Waals surface area contributed by atoms with Crippen molar-refractivity contribution in [3.8, 4) is 0 Å². The average molecular weight is 288 g/mol. The lowest BCUT2D eigenvalue weighted by Gasteiger charge is -2.30. The van der Waals surface area contributed by atoms with Crippen molar-refractivity contribution >= 4 is 17.5 Å². The zero-order chi connectivity index (χ0) is 15.4. The molecule has 2 amide bonds. The molecule has 1 aromatic carbocycles. The van der Waals surface area contributed by atoms with E-state index in [0.29, 0.717) is 5.69 Å². The average Bonchev–Trinajstić information content (AvgIpc) is 2.50. The number of carbonyl (C=O) groups is 2. The van der Waals surface area contributed by atoms with Crippen molar-refractivity contribution in [1.29, 1.82) is 0 Å². The first kappa shape index (κ1) is 15.5. The summed E-state index contributed by atoms with van der Waals surface area (Å²) in [6.07, 6.45) is 5.51. The number of amides is 2. The second-order valence-electron chi connectivity index (χ2n) is 5.98. The molecule has 21 heavy (non-hydrogen) atoms. The van der Waals surface area contributed by atoms with Gasteiger partial charge in [-0.2, -0.15) is 0 Å². The Labute approximate surface area is 126 Å². The van der Waals surface area contributed by atoms with E-state index in [4.69, 9.17) is 0 Å². The molecule has 1 aromatic rings. The Hall–Kier alpha value is -1.84. The van der Waals surface area contributed by atoms with E-state index in [1.54, 1.807) is 11.9 Å². The first-order chi connectivity index (χ1) is 9.99. The molecule has 0 bridgehead atoms. The minimum absolute atomic E-state index is 0.204. The molecule has 0 spiro atoms. The van der Waals surface area contributed by atoms with Crippen LogP contribution < -0.4 is 5.32 Å². The SMILES string of the molecule is Cc1ccc(C)c(NC(=O)C(=O)N(C)C2CCCCC2)c1. The molecule has 4 nitrogen and oxygen atoms in total. The zero-order valence-corrected chi connectivity index (χ0v) is 13.1. The van der Waals surface area contributed by atoms with E-state index in [0.717, 1.165) is 36.8 Å². The third-order valence-corrected chi connectivity index (χ3v) is 4.28. The molecule has 1 aliphatic carbocycles. The van der Waals surface area contributed by atoms with Crippen LogP contribution in [0.1, 0.15) is 43.2 Å². The van der Waals surface area contributed by atoms with Gasteiger partial charge in [0.25, 0.3) is 0 Å². The molecule has 0 aliphatic heterocycles. The fourth-order valence-electron chi connectivity index (χ4n) is 2.84. The first-order valence-corrected chi connectivity index (χ1v) is 7.64. The summed E-state index contributed by atoms with van der Waals surface area (Å²) in [5, 5.41) is 2.74. The van der Waals surface area contributed by atoms with Gasteiger partial charge in [-0.25, -0.2) is 0 Å². The van der Waals surface area contributed by atoms with Crippen LogP contribution >= 0.6 is 0 Å². The minimum Gasteiger partial charge on any atom is -0.335 e. The maximum Gasteiger partial charge on any atom is 0.313 e. The first-order valence-electron chi connectivity index (χ1n) is 7.64. The summed E-state index contributed by atoms with van der Waals surface area (Å²) in [7, 11) is 1.74. The number of carbonyl (C=O) groups excluding carboxylic acids is 2. The normalized spacial score (nSPS) is 15.6. The van der Waals surface area contributed by atoms with E-state index >= 15 is 0 Å². The Morgan fingerprint density at radius 3 is 2.48 bits per heavy atom. The third-order valence-electron chi connectivity index (χ3n) is 4.28. The Bertz CT molecular complexity index is 534. The predicted molar refractivity (Wildman–Crippen MR) is 84.2 cm³/mol. The number of hydrogen-bond donors (Lipinski definition) is 1. The third kappa shape index (κ3) is 3.84. The summed E-state index contributed by atoms with van der Waals surface area (Å²) in [5.74, 6) is -0.987. The molecule has 114 valence electrons. The molecular formula is C17H24N2O2. The fourth-order valence-corrected chi connectivity index (χ4v) is 2.84. The second kappa shape index (κ2) is 6.74. The molecular weight excluding hydrogens is 264 g/mol. The molecule has 4 heteroatoms. The van der Waals surface area contributed by atoms with E-state index in [-0.39, 0.29) is 6.04 Å². The predicted octanol–water partition coefficient (Wildman–Crippen LogP) is 3.03. The maximum atomic E-state index is 12.3. The number of benzene rings is 1. The Balaban J connectivity index is 2.01. The van der Waals surface area contributed by atoms with Crippen LogP contribution in [0.2, 0.25) is 0 Å². The van der Waals surface area contributed by atoms with Gasteiger partial charge in [0.2, 0.25) is 0 Å². The molecule has 1 N–H and O–H groups in total. The van der Waals surface area contributed by atoms with E-state index < -0.39 is 11.8 Å². The van der Waals surface area contributed by atoms with Gasteiger partial charge in [0.15, 0.2) is 0 Å². The fraction of sp³-hybridized carbons (Fsp3) is 0.529. The van der Waals surface area contributed by atoms with Crippen molar-refractivity contribution in [2.75, 3.05) is 12.4 Å². The van der Waals surface area contributed by atoms with Gasteiger partial charge in [0.05, 0.1) is 0 Å². The molecule has 0 unspecified atom stereocenters. The van der Waals surface area contributed by atoms with Crippen molar-refractivity contribution in [3.05, 3.63) is 29.3 Å². The summed E-state index contributed by atoms with van der Waals surface area (Å²) >= 11 is 0. The van der Waals surface area contributed by atoms with Crippen molar-refractivity contribution < 1.29 is 9.59 Å². The maximum absolute atomic E-state index is 12.3. The van der Waals surface area contributed by atoms with Gasteiger partial charge in [0, 0.05) is 18.8 Å². The van der Waals surface area contributed by atoms with Crippen LogP contribution in [-0.2, 0) is 9.59 Å². The highest BCUT2D eigenvalue weighted by molar-refractivity contribution is 6.39. The van der Waals surface area contributed by atoms with Gasteiger partial charge in [-0.05, 0) is 43.9 Å². The van der Waals surface area contributed by atoms with E-state index in [1.807, 2.05) is 32.0 Å². The van der Waals surface area contributed by atoms with Crippen molar-refractivity contribution in [1.82, 2.24) is 4.90 Å². The van der Waals surface area contributed by atoms with Crippen molar-refractivity contribution in [2.45, 2.75) is 52.0 Å². The topological polar surface area (TPSA) is 49.4 Å². The molecule has 1 aliphatic rings. The number of likely N-dealkylation sites (N-methyl/N-ethyl adjacent to an activating group) is 1. The van der Waals surface area contributed by atoms with E-state index in [2.05, 4.69) is 5.32 Å². The molecule has 0 atom stereocenters. The summed E-state index contributed by atoms with van der Waals surface area (Å²) in [6.45, 7) is 3.88. The van der Waals surface area contributed by atoms with Crippen LogP contribution in [0, 0.1) is 13.8 Å². The second-order valence-corrected chi connectivity index (χ2v) is 5.98. The van der Waals surface area contributed by atoms with Crippen LogP contribution in [0.25, 0.3) is 0 Å². The van der Waals surface area contributed by atoms with Crippen LogP contribution in [0.3, 0.4) is 0 Å². The number of nitrogens with one attached hydrogen (secondary N) is 1. The lowest BCUT2D eigenvalue weighted by molar-refractivity contribution is -0.144. The van der Waals surface area contributed by atoms with Crippen LogP contribution in [0.4, 0.5) is 5.69 Å². The highest BCUT2D eigenvalue weighted by atomic mass is 16.2. The Kier molecular flexibility index (Phi) is 4.99. The van der Waals surface area contributed by atoms with Gasteiger partial charge < -0.3 is 10.2 Å². The number of anilines is 1. The Morgan fingerprint density at radius 2 is 1.81 bits per heavy atom. The zero-order valence-electron chi connectivity index (χ0n) is 13.1. The van der Waals surface area contributed by atoms with Crippen molar-refractivity contribution in [3.63, 3.8) is 0 Å². The molecule has 2 rings (SSSR count). The molecule has 0 saturated heterocycles. The molecule has 0 radical (unpaired) electrons. The number of rotatable bonds is 2. The Morgan fingerprint density at radius 1 is 1.14 bits per heavy atom. The lowest BCUT2D eigenvalue weighted by atomic mass is 9.94. The standard InChI is InChI=1S/C17H24N2O2/c1-12-9-10-13(2)15(11-12)18-16(20)17(21)19(3)14-7-5-4-6-8-14/h9-11,14H,4-8H2,1-3H3,(H,18,20). The highest BCUT2D eigenvalue weighted by Gasteiger charge is 2.26. The summed E-state index contributed by atoms with van der Waals surface area (Å²) in [4.78, 5) is 26.0. The van der Waals surface area contributed by atoms with Gasteiger partial charge in [-0.15, -0.1) is 0 Å². The highest BCUT2D eigenvalue weighted by Crippen LogP contribution is 2.22. The van der Waals surface area contributed by atoms with Crippen LogP contribution in [0.5, 0.6) is 0 Å². The molecule has 0 aromatic heterocycles.